The molecule has 0 aliphatic carbocycles. The standard InChI is InChI=1S/C22H27NO6/c1-27-18-4-2-5-19(14-18)29-13-3-12-28-17-8-6-16(7-9-17)20-10-11-23(22(25)26)15-21(20)24/h2,4-9,14,20-21,24H,3,10-13,15H2,1H3,(H,25,26). The smallest absolute Gasteiger partial charge is 0.407 e. The lowest BCUT2D eigenvalue weighted by Crippen LogP contribution is -2.45. The van der Waals surface area contributed by atoms with Gasteiger partial charge in [0.2, 0.25) is 0 Å². The third-order valence-electron chi connectivity index (χ3n) is 5.03. The number of likely N-dealkylation sites (tertiary alicyclic amines) is 1. The average Bonchev–Trinajstić information content (AvgIpc) is 2.74. The lowest BCUT2D eigenvalue weighted by Gasteiger charge is -2.34. The highest BCUT2D eigenvalue weighted by Gasteiger charge is 2.30. The van der Waals surface area contributed by atoms with Gasteiger partial charge >= 0.3 is 6.09 Å². The van der Waals surface area contributed by atoms with Crippen molar-refractivity contribution in [2.24, 2.45) is 0 Å². The molecule has 1 amide bonds. The first-order valence-electron chi connectivity index (χ1n) is 9.72. The summed E-state index contributed by atoms with van der Waals surface area (Å²) in [7, 11) is 1.62. The summed E-state index contributed by atoms with van der Waals surface area (Å²) in [5, 5.41) is 19.3. The maximum absolute atomic E-state index is 11.0. The SMILES string of the molecule is COc1cccc(OCCCOc2ccc(C3CCN(C(=O)O)CC3O)cc2)c1. The van der Waals surface area contributed by atoms with E-state index in [4.69, 9.17) is 19.3 Å². The van der Waals surface area contributed by atoms with Gasteiger partial charge in [0, 0.05) is 24.9 Å². The number of carbonyl (C=O) groups is 1. The summed E-state index contributed by atoms with van der Waals surface area (Å²) in [5.74, 6) is 2.22. The molecule has 0 bridgehead atoms. The van der Waals surface area contributed by atoms with Crippen molar-refractivity contribution in [3.05, 3.63) is 54.1 Å². The summed E-state index contributed by atoms with van der Waals surface area (Å²) in [5.41, 5.74) is 0.997. The molecule has 1 saturated heterocycles. The molecule has 156 valence electrons. The molecule has 2 N–H and O–H groups in total. The molecule has 7 nitrogen and oxygen atoms in total. The molecular weight excluding hydrogens is 374 g/mol. The van der Waals surface area contributed by atoms with Crippen LogP contribution >= 0.6 is 0 Å². The topological polar surface area (TPSA) is 88.5 Å². The largest absolute Gasteiger partial charge is 0.497 e. The number of aliphatic hydroxyl groups is 1. The van der Waals surface area contributed by atoms with Gasteiger partial charge < -0.3 is 29.3 Å². The van der Waals surface area contributed by atoms with Crippen LogP contribution in [0.4, 0.5) is 4.79 Å². The first-order chi connectivity index (χ1) is 14.1. The first kappa shape index (κ1) is 20.8. The summed E-state index contributed by atoms with van der Waals surface area (Å²) in [6.45, 7) is 1.65. The Bertz CT molecular complexity index is 794. The second-order valence-electron chi connectivity index (χ2n) is 6.99. The molecule has 3 rings (SSSR count). The Morgan fingerprint density at radius 3 is 2.41 bits per heavy atom. The van der Waals surface area contributed by atoms with Crippen molar-refractivity contribution in [2.45, 2.75) is 24.9 Å². The van der Waals surface area contributed by atoms with E-state index in [0.717, 1.165) is 29.2 Å². The number of ether oxygens (including phenoxy) is 3. The molecule has 0 saturated carbocycles. The molecule has 1 aliphatic heterocycles. The Kier molecular flexibility index (Phi) is 7.19. The number of nitrogens with zero attached hydrogens (tertiary/aromatic N) is 1. The maximum atomic E-state index is 11.0. The lowest BCUT2D eigenvalue weighted by atomic mass is 9.87. The molecule has 29 heavy (non-hydrogen) atoms. The molecule has 7 heteroatoms. The van der Waals surface area contributed by atoms with Crippen molar-refractivity contribution >= 4 is 6.09 Å². The summed E-state index contributed by atoms with van der Waals surface area (Å²) in [6, 6.07) is 15.1. The van der Waals surface area contributed by atoms with E-state index in [1.54, 1.807) is 7.11 Å². The van der Waals surface area contributed by atoms with Crippen LogP contribution in [0.5, 0.6) is 17.2 Å². The van der Waals surface area contributed by atoms with Crippen LogP contribution in [0.15, 0.2) is 48.5 Å². The Morgan fingerprint density at radius 1 is 1.07 bits per heavy atom. The molecule has 2 aromatic carbocycles. The van der Waals surface area contributed by atoms with Crippen LogP contribution in [0, 0.1) is 0 Å². The minimum atomic E-state index is -0.985. The Hall–Kier alpha value is -2.93. The van der Waals surface area contributed by atoms with Gasteiger partial charge in [-0.25, -0.2) is 4.79 Å². The van der Waals surface area contributed by atoms with Crippen LogP contribution in [0.1, 0.15) is 24.3 Å². The van der Waals surface area contributed by atoms with Crippen LogP contribution in [0.3, 0.4) is 0 Å². The van der Waals surface area contributed by atoms with Crippen molar-refractivity contribution in [3.63, 3.8) is 0 Å². The van der Waals surface area contributed by atoms with E-state index in [1.165, 1.54) is 4.90 Å². The van der Waals surface area contributed by atoms with Crippen molar-refractivity contribution in [1.29, 1.82) is 0 Å². The van der Waals surface area contributed by atoms with Gasteiger partial charge in [0.25, 0.3) is 0 Å². The predicted octanol–water partition coefficient (Wildman–Crippen LogP) is 3.37. The van der Waals surface area contributed by atoms with Gasteiger partial charge in [0.05, 0.1) is 33.0 Å². The van der Waals surface area contributed by atoms with Gasteiger partial charge in [-0.2, -0.15) is 0 Å². The maximum Gasteiger partial charge on any atom is 0.407 e. The first-order valence-corrected chi connectivity index (χ1v) is 9.72. The fourth-order valence-electron chi connectivity index (χ4n) is 3.44. The van der Waals surface area contributed by atoms with E-state index in [1.807, 2.05) is 48.5 Å². The molecule has 2 aromatic rings. The van der Waals surface area contributed by atoms with E-state index in [9.17, 15) is 9.90 Å². The van der Waals surface area contributed by atoms with Gasteiger partial charge in [-0.05, 0) is 36.2 Å². The summed E-state index contributed by atoms with van der Waals surface area (Å²) in [6.07, 6.45) is -0.331. The van der Waals surface area contributed by atoms with Crippen LogP contribution in [0.2, 0.25) is 0 Å². The number of benzene rings is 2. The summed E-state index contributed by atoms with van der Waals surface area (Å²) in [4.78, 5) is 12.3. The van der Waals surface area contributed by atoms with Crippen LogP contribution in [-0.4, -0.2) is 60.7 Å². The molecule has 0 spiro atoms. The molecule has 2 unspecified atom stereocenters. The lowest BCUT2D eigenvalue weighted by molar-refractivity contribution is 0.0504. The molecule has 1 aliphatic rings. The highest BCUT2D eigenvalue weighted by molar-refractivity contribution is 5.65. The quantitative estimate of drug-likeness (QED) is 0.660. The summed E-state index contributed by atoms with van der Waals surface area (Å²) < 4.78 is 16.6. The number of aliphatic hydroxyl groups excluding tert-OH is 1. The fourth-order valence-corrected chi connectivity index (χ4v) is 3.44. The normalized spacial score (nSPS) is 18.9. The second kappa shape index (κ2) is 10.0. The minimum absolute atomic E-state index is 0.0593. The molecule has 0 aromatic heterocycles. The molecular formula is C22H27NO6. The van der Waals surface area contributed by atoms with Gasteiger partial charge in [-0.3, -0.25) is 0 Å². The van der Waals surface area contributed by atoms with Gasteiger partial charge in [-0.15, -0.1) is 0 Å². The number of hydrogen-bond acceptors (Lipinski definition) is 5. The van der Waals surface area contributed by atoms with E-state index in [0.29, 0.717) is 26.2 Å². The summed E-state index contributed by atoms with van der Waals surface area (Å²) >= 11 is 0. The molecule has 0 radical (unpaired) electrons. The van der Waals surface area contributed by atoms with Crippen LogP contribution in [-0.2, 0) is 0 Å². The zero-order chi connectivity index (χ0) is 20.6. The fraction of sp³-hybridized carbons (Fsp3) is 0.409. The third-order valence-corrected chi connectivity index (χ3v) is 5.03. The number of amides is 1. The van der Waals surface area contributed by atoms with Crippen molar-refractivity contribution < 1.29 is 29.2 Å². The van der Waals surface area contributed by atoms with Crippen LogP contribution < -0.4 is 14.2 Å². The Balaban J connectivity index is 1.41. The predicted molar refractivity (Wildman–Crippen MR) is 108 cm³/mol. The van der Waals surface area contributed by atoms with E-state index < -0.39 is 12.2 Å². The monoisotopic (exact) mass is 401 g/mol. The van der Waals surface area contributed by atoms with E-state index >= 15 is 0 Å². The van der Waals surface area contributed by atoms with Crippen molar-refractivity contribution in [3.8, 4) is 17.2 Å². The molecule has 1 fully saturated rings. The number of carboxylic acid groups (broad SMARTS) is 1. The van der Waals surface area contributed by atoms with Crippen molar-refractivity contribution in [2.75, 3.05) is 33.4 Å². The highest BCUT2D eigenvalue weighted by atomic mass is 16.5. The average molecular weight is 401 g/mol. The highest BCUT2D eigenvalue weighted by Crippen LogP contribution is 2.29. The number of piperidine rings is 1. The minimum Gasteiger partial charge on any atom is -0.497 e. The number of hydrogen-bond donors (Lipinski definition) is 2. The van der Waals surface area contributed by atoms with Gasteiger partial charge in [0.15, 0.2) is 0 Å². The van der Waals surface area contributed by atoms with Gasteiger partial charge in [0.1, 0.15) is 17.2 Å². The van der Waals surface area contributed by atoms with Crippen molar-refractivity contribution in [1.82, 2.24) is 4.90 Å². The van der Waals surface area contributed by atoms with Crippen LogP contribution in [0.25, 0.3) is 0 Å². The number of rotatable bonds is 8. The Labute approximate surface area is 170 Å². The third kappa shape index (κ3) is 5.77. The zero-order valence-electron chi connectivity index (χ0n) is 16.5. The molecule has 2 atom stereocenters. The second-order valence-corrected chi connectivity index (χ2v) is 6.99. The zero-order valence-corrected chi connectivity index (χ0v) is 16.5. The molecule has 1 heterocycles. The van der Waals surface area contributed by atoms with Gasteiger partial charge in [-0.1, -0.05) is 18.2 Å². The van der Waals surface area contributed by atoms with E-state index in [-0.39, 0.29) is 12.5 Å². The Morgan fingerprint density at radius 2 is 1.76 bits per heavy atom. The number of methoxy groups -OCH3 is 1. The number of β-amino-alcohol motifs (C(OH)–C–C–N with tert-alkyl or cyclic N) is 1. The van der Waals surface area contributed by atoms with E-state index in [2.05, 4.69) is 0 Å².